The summed E-state index contributed by atoms with van der Waals surface area (Å²) in [4.78, 5) is 13.8. The zero-order valence-corrected chi connectivity index (χ0v) is 9.45. The molecule has 0 radical (unpaired) electrons. The Kier molecular flexibility index (Phi) is 5.65. The van der Waals surface area contributed by atoms with Gasteiger partial charge in [0.05, 0.1) is 12.5 Å². The topological polar surface area (TPSA) is 49.8 Å². The molecule has 0 spiro atoms. The Balaban J connectivity index is 2.31. The Morgan fingerprint density at radius 3 is 3.07 bits per heavy atom. The summed E-state index contributed by atoms with van der Waals surface area (Å²) in [6.45, 7) is 5.23. The van der Waals surface area contributed by atoms with E-state index in [0.29, 0.717) is 6.61 Å². The van der Waals surface area contributed by atoms with Gasteiger partial charge in [-0.15, -0.1) is 0 Å². The van der Waals surface area contributed by atoms with Crippen molar-refractivity contribution in [1.29, 1.82) is 0 Å². The van der Waals surface area contributed by atoms with Crippen molar-refractivity contribution in [2.45, 2.75) is 26.2 Å². The fourth-order valence-corrected chi connectivity index (χ4v) is 2.01. The summed E-state index contributed by atoms with van der Waals surface area (Å²) in [7, 11) is 0. The average molecular weight is 215 g/mol. The summed E-state index contributed by atoms with van der Waals surface area (Å²) in [6, 6.07) is 0. The molecule has 15 heavy (non-hydrogen) atoms. The molecule has 0 aliphatic carbocycles. The summed E-state index contributed by atoms with van der Waals surface area (Å²) in [5, 5.41) is 8.74. The van der Waals surface area contributed by atoms with Crippen LogP contribution in [0.3, 0.4) is 0 Å². The molecule has 1 aliphatic heterocycles. The van der Waals surface area contributed by atoms with Crippen LogP contribution >= 0.6 is 0 Å². The molecule has 0 bridgehead atoms. The Morgan fingerprint density at radius 1 is 1.60 bits per heavy atom. The molecule has 0 aromatic carbocycles. The Bertz CT molecular complexity index is 196. The van der Waals surface area contributed by atoms with Crippen molar-refractivity contribution in [1.82, 2.24) is 4.90 Å². The number of piperidine rings is 1. The standard InChI is InChI=1S/C11H21NO3/c1-2-15-11(14)10-5-3-6-12(9-10)7-4-8-13/h10,13H,2-9H2,1H3/t10-/m1/s1. The van der Waals surface area contributed by atoms with Crippen LogP contribution in [-0.2, 0) is 9.53 Å². The van der Waals surface area contributed by atoms with Crippen LogP contribution in [0.4, 0.5) is 0 Å². The number of nitrogens with zero attached hydrogens (tertiary/aromatic N) is 1. The maximum atomic E-state index is 11.5. The molecular formula is C11H21NO3. The van der Waals surface area contributed by atoms with Gasteiger partial charge in [-0.1, -0.05) is 0 Å². The van der Waals surface area contributed by atoms with Gasteiger partial charge in [0.2, 0.25) is 0 Å². The van der Waals surface area contributed by atoms with Crippen LogP contribution in [0.5, 0.6) is 0 Å². The van der Waals surface area contributed by atoms with E-state index in [1.54, 1.807) is 0 Å². The molecule has 0 unspecified atom stereocenters. The van der Waals surface area contributed by atoms with Crippen LogP contribution in [0.1, 0.15) is 26.2 Å². The Morgan fingerprint density at radius 2 is 2.40 bits per heavy atom. The maximum Gasteiger partial charge on any atom is 0.310 e. The van der Waals surface area contributed by atoms with Crippen molar-refractivity contribution in [2.24, 2.45) is 5.92 Å². The minimum absolute atomic E-state index is 0.0393. The first-order valence-corrected chi connectivity index (χ1v) is 5.77. The first-order chi connectivity index (χ1) is 7.27. The number of rotatable bonds is 5. The average Bonchev–Trinajstić information content (AvgIpc) is 2.27. The number of aliphatic hydroxyl groups excluding tert-OH is 1. The molecule has 1 rings (SSSR count). The zero-order valence-electron chi connectivity index (χ0n) is 9.45. The fourth-order valence-electron chi connectivity index (χ4n) is 2.01. The number of hydrogen-bond acceptors (Lipinski definition) is 4. The van der Waals surface area contributed by atoms with Gasteiger partial charge < -0.3 is 14.7 Å². The number of likely N-dealkylation sites (tertiary alicyclic amines) is 1. The molecule has 0 saturated carbocycles. The highest BCUT2D eigenvalue weighted by molar-refractivity contribution is 5.72. The molecule has 0 amide bonds. The minimum Gasteiger partial charge on any atom is -0.466 e. The molecule has 1 heterocycles. The fraction of sp³-hybridized carbons (Fsp3) is 0.909. The number of carbonyl (C=O) groups excluding carboxylic acids is 1. The lowest BCUT2D eigenvalue weighted by atomic mass is 9.98. The third-order valence-electron chi connectivity index (χ3n) is 2.76. The first-order valence-electron chi connectivity index (χ1n) is 5.77. The second kappa shape index (κ2) is 6.80. The lowest BCUT2D eigenvalue weighted by molar-refractivity contribution is -0.149. The highest BCUT2D eigenvalue weighted by atomic mass is 16.5. The first kappa shape index (κ1) is 12.5. The van der Waals surface area contributed by atoms with Crippen LogP contribution in [-0.4, -0.2) is 48.8 Å². The van der Waals surface area contributed by atoms with Crippen LogP contribution in [0.15, 0.2) is 0 Å². The Hall–Kier alpha value is -0.610. The van der Waals surface area contributed by atoms with Crippen molar-refractivity contribution in [3.8, 4) is 0 Å². The summed E-state index contributed by atoms with van der Waals surface area (Å²) in [5.41, 5.74) is 0. The van der Waals surface area contributed by atoms with Gasteiger partial charge in [-0.25, -0.2) is 0 Å². The van der Waals surface area contributed by atoms with E-state index in [1.165, 1.54) is 0 Å². The summed E-state index contributed by atoms with van der Waals surface area (Å²) in [6.07, 6.45) is 2.78. The SMILES string of the molecule is CCOC(=O)[C@@H]1CCCN(CCCO)C1. The smallest absolute Gasteiger partial charge is 0.310 e. The van der Waals surface area contributed by atoms with Gasteiger partial charge in [-0.05, 0) is 32.7 Å². The molecule has 1 aliphatic rings. The van der Waals surface area contributed by atoms with Crippen molar-refractivity contribution in [3.05, 3.63) is 0 Å². The predicted octanol–water partition coefficient (Wildman–Crippen LogP) is 0.644. The van der Waals surface area contributed by atoms with E-state index < -0.39 is 0 Å². The van der Waals surface area contributed by atoms with E-state index in [-0.39, 0.29) is 18.5 Å². The van der Waals surface area contributed by atoms with Crippen molar-refractivity contribution in [3.63, 3.8) is 0 Å². The van der Waals surface area contributed by atoms with Gasteiger partial charge in [0, 0.05) is 19.7 Å². The lowest BCUT2D eigenvalue weighted by Gasteiger charge is -2.31. The lowest BCUT2D eigenvalue weighted by Crippen LogP contribution is -2.40. The number of hydrogen-bond donors (Lipinski definition) is 1. The highest BCUT2D eigenvalue weighted by Gasteiger charge is 2.26. The monoisotopic (exact) mass is 215 g/mol. The van der Waals surface area contributed by atoms with E-state index in [9.17, 15) is 4.79 Å². The largest absolute Gasteiger partial charge is 0.466 e. The third kappa shape index (κ3) is 4.18. The van der Waals surface area contributed by atoms with E-state index in [2.05, 4.69) is 4.90 Å². The number of esters is 1. The molecule has 1 saturated heterocycles. The van der Waals surface area contributed by atoms with Crippen molar-refractivity contribution in [2.75, 3.05) is 32.8 Å². The summed E-state index contributed by atoms with van der Waals surface area (Å²) >= 11 is 0. The molecule has 0 aromatic heterocycles. The van der Waals surface area contributed by atoms with Crippen molar-refractivity contribution < 1.29 is 14.6 Å². The molecule has 0 aromatic rings. The zero-order chi connectivity index (χ0) is 11.1. The van der Waals surface area contributed by atoms with E-state index in [4.69, 9.17) is 9.84 Å². The van der Waals surface area contributed by atoms with Gasteiger partial charge in [0.15, 0.2) is 0 Å². The highest BCUT2D eigenvalue weighted by Crippen LogP contribution is 2.17. The van der Waals surface area contributed by atoms with Crippen molar-refractivity contribution >= 4 is 5.97 Å². The van der Waals surface area contributed by atoms with Gasteiger partial charge in [0.1, 0.15) is 0 Å². The van der Waals surface area contributed by atoms with Gasteiger partial charge in [0.25, 0.3) is 0 Å². The van der Waals surface area contributed by atoms with Crippen LogP contribution in [0.2, 0.25) is 0 Å². The number of aliphatic hydroxyl groups is 1. The van der Waals surface area contributed by atoms with Crippen LogP contribution in [0.25, 0.3) is 0 Å². The van der Waals surface area contributed by atoms with Gasteiger partial charge >= 0.3 is 5.97 Å². The van der Waals surface area contributed by atoms with Crippen LogP contribution in [0, 0.1) is 5.92 Å². The normalized spacial score (nSPS) is 22.7. The van der Waals surface area contributed by atoms with E-state index in [0.717, 1.165) is 38.9 Å². The second-order valence-corrected chi connectivity index (χ2v) is 3.97. The summed E-state index contributed by atoms with van der Waals surface area (Å²) < 4.78 is 5.02. The number of carbonyl (C=O) groups is 1. The molecule has 88 valence electrons. The summed E-state index contributed by atoms with van der Waals surface area (Å²) in [5.74, 6) is -0.0245. The predicted molar refractivity (Wildman–Crippen MR) is 57.5 cm³/mol. The maximum absolute atomic E-state index is 11.5. The molecule has 1 N–H and O–H groups in total. The minimum atomic E-state index is -0.0637. The van der Waals surface area contributed by atoms with Gasteiger partial charge in [-0.3, -0.25) is 4.79 Å². The molecule has 4 nitrogen and oxygen atoms in total. The molecule has 1 fully saturated rings. The van der Waals surface area contributed by atoms with E-state index >= 15 is 0 Å². The van der Waals surface area contributed by atoms with Gasteiger partial charge in [-0.2, -0.15) is 0 Å². The Labute approximate surface area is 91.2 Å². The second-order valence-electron chi connectivity index (χ2n) is 3.97. The molecule has 1 atom stereocenters. The molecule has 4 heteroatoms. The quantitative estimate of drug-likeness (QED) is 0.684. The van der Waals surface area contributed by atoms with E-state index in [1.807, 2.05) is 6.92 Å². The van der Waals surface area contributed by atoms with Crippen LogP contribution < -0.4 is 0 Å². The molecular weight excluding hydrogens is 194 g/mol. The third-order valence-corrected chi connectivity index (χ3v) is 2.76. The number of ether oxygens (including phenoxy) is 1.